The van der Waals surface area contributed by atoms with Crippen LogP contribution in [-0.4, -0.2) is 89.4 Å². The Kier molecular flexibility index (Phi) is 13.3. The minimum Gasteiger partial charge on any atom is -0.493 e. The summed E-state index contributed by atoms with van der Waals surface area (Å²) in [5.41, 5.74) is -0.687. The van der Waals surface area contributed by atoms with Crippen molar-refractivity contribution in [2.24, 2.45) is 5.92 Å². The molecule has 0 bridgehead atoms. The van der Waals surface area contributed by atoms with E-state index in [4.69, 9.17) is 18.9 Å². The van der Waals surface area contributed by atoms with E-state index in [-0.39, 0.29) is 24.9 Å². The van der Waals surface area contributed by atoms with Crippen LogP contribution >= 0.6 is 0 Å². The first-order valence-corrected chi connectivity index (χ1v) is 17.4. The van der Waals surface area contributed by atoms with Crippen LogP contribution in [0.25, 0.3) is 0 Å². The van der Waals surface area contributed by atoms with Gasteiger partial charge in [0.05, 0.1) is 33.8 Å². The van der Waals surface area contributed by atoms with Gasteiger partial charge in [-0.15, -0.1) is 0 Å². The van der Waals surface area contributed by atoms with Crippen molar-refractivity contribution < 1.29 is 38.1 Å². The normalized spacial score (nSPS) is 14.9. The minimum atomic E-state index is -1.44. The number of nitrogens with zero attached hydrogens (tertiary/aromatic N) is 3. The highest BCUT2D eigenvalue weighted by Gasteiger charge is 2.35. The third kappa shape index (κ3) is 10.9. The van der Waals surface area contributed by atoms with E-state index < -0.39 is 41.1 Å². The quantitative estimate of drug-likeness (QED) is 0.215. The summed E-state index contributed by atoms with van der Waals surface area (Å²) in [6.45, 7) is 11.6. The number of amides is 4. The number of benzene rings is 2. The Labute approximate surface area is 305 Å². The lowest BCUT2D eigenvalue weighted by atomic mass is 9.97. The highest BCUT2D eigenvalue weighted by Crippen LogP contribution is 2.33. The molecule has 1 saturated heterocycles. The number of methoxy groups -OCH3 is 2. The van der Waals surface area contributed by atoms with Gasteiger partial charge in [-0.05, 0) is 76.6 Å². The van der Waals surface area contributed by atoms with E-state index in [1.165, 1.54) is 27.3 Å². The molecule has 0 aliphatic carbocycles. The highest BCUT2D eigenvalue weighted by atomic mass is 16.6. The van der Waals surface area contributed by atoms with Crippen molar-refractivity contribution in [3.8, 4) is 11.5 Å². The summed E-state index contributed by atoms with van der Waals surface area (Å²) in [6.07, 6.45) is 4.08. The van der Waals surface area contributed by atoms with Crippen molar-refractivity contribution >= 4 is 29.6 Å². The predicted molar refractivity (Wildman–Crippen MR) is 195 cm³/mol. The number of likely N-dealkylation sites (tertiary alicyclic amines) is 1. The van der Waals surface area contributed by atoms with Crippen molar-refractivity contribution in [1.29, 1.82) is 0 Å². The zero-order chi connectivity index (χ0) is 38.1. The number of alkyl carbamates (subject to hydrolysis) is 1. The zero-order valence-electron chi connectivity index (χ0n) is 31.4. The number of carbonyl (C=O) groups excluding carboxylic acids is 4. The molecule has 1 unspecified atom stereocenters. The fraction of sp³-hybridized carbons (Fsp3) is 0.500. The van der Waals surface area contributed by atoms with E-state index in [0.717, 1.165) is 18.4 Å². The van der Waals surface area contributed by atoms with Crippen LogP contribution in [0.1, 0.15) is 71.6 Å². The van der Waals surface area contributed by atoms with Crippen molar-refractivity contribution in [2.75, 3.05) is 39.2 Å². The van der Waals surface area contributed by atoms with Crippen LogP contribution in [0.15, 0.2) is 61.1 Å². The maximum Gasteiger partial charge on any atom is 0.408 e. The van der Waals surface area contributed by atoms with E-state index >= 15 is 0 Å². The summed E-state index contributed by atoms with van der Waals surface area (Å²) in [4.78, 5) is 60.1. The fourth-order valence-corrected chi connectivity index (χ4v) is 5.63. The first-order chi connectivity index (χ1) is 24.6. The second-order valence-corrected chi connectivity index (χ2v) is 14.5. The molecule has 1 aliphatic rings. The maximum absolute atomic E-state index is 14.1. The van der Waals surface area contributed by atoms with Crippen molar-refractivity contribution in [3.63, 3.8) is 0 Å². The molecular weight excluding hydrogens is 668 g/mol. The molecular formula is C38H52N6O8. The Morgan fingerprint density at radius 1 is 0.942 bits per heavy atom. The average molecular weight is 721 g/mol. The second-order valence-electron chi connectivity index (χ2n) is 14.5. The molecule has 282 valence electrons. The summed E-state index contributed by atoms with van der Waals surface area (Å²) in [5.74, 6) is 0.313. The van der Waals surface area contributed by atoms with E-state index in [2.05, 4.69) is 27.9 Å². The molecule has 2 heterocycles. The molecule has 0 saturated carbocycles. The van der Waals surface area contributed by atoms with Gasteiger partial charge in [0, 0.05) is 19.3 Å². The fourth-order valence-electron chi connectivity index (χ4n) is 5.63. The number of hydrogen-bond donors (Lipinski definition) is 3. The van der Waals surface area contributed by atoms with Gasteiger partial charge in [-0.3, -0.25) is 14.4 Å². The highest BCUT2D eigenvalue weighted by molar-refractivity contribution is 5.98. The molecule has 52 heavy (non-hydrogen) atoms. The van der Waals surface area contributed by atoms with Crippen LogP contribution in [0.2, 0.25) is 0 Å². The maximum atomic E-state index is 14.1. The van der Waals surface area contributed by atoms with Crippen LogP contribution in [0, 0.1) is 5.92 Å². The van der Waals surface area contributed by atoms with E-state index in [9.17, 15) is 19.2 Å². The number of nitrogens with one attached hydrogen (secondary N) is 3. The number of hydrogen-bond acceptors (Lipinski definition) is 9. The first-order valence-electron chi connectivity index (χ1n) is 17.4. The topological polar surface area (TPSA) is 162 Å². The molecule has 2 atom stereocenters. The van der Waals surface area contributed by atoms with Crippen LogP contribution in [0.5, 0.6) is 11.5 Å². The molecule has 1 aromatic heterocycles. The molecule has 0 radical (unpaired) electrons. The Balaban J connectivity index is 1.56. The minimum absolute atomic E-state index is 0.117. The van der Waals surface area contributed by atoms with Crippen molar-refractivity contribution in [3.05, 3.63) is 72.2 Å². The SMILES string of the molecule is COc1ccc(C(C(=O)N2CCC(C)CC2)n2cnc(NC(=O)[C@@H](COCc3ccccc3)NC(=O)C(C)(C)NC(=O)OC(C)(C)C)c2)cc1OC. The lowest BCUT2D eigenvalue weighted by molar-refractivity contribution is -0.135. The summed E-state index contributed by atoms with van der Waals surface area (Å²) in [5, 5.41) is 8.03. The molecule has 1 fully saturated rings. The smallest absolute Gasteiger partial charge is 0.408 e. The molecule has 2 aromatic carbocycles. The van der Waals surface area contributed by atoms with Gasteiger partial charge in [0.1, 0.15) is 23.2 Å². The summed E-state index contributed by atoms with van der Waals surface area (Å²) in [6, 6.07) is 12.7. The van der Waals surface area contributed by atoms with Gasteiger partial charge in [0.15, 0.2) is 17.3 Å². The molecule has 0 spiro atoms. The van der Waals surface area contributed by atoms with Gasteiger partial charge in [-0.25, -0.2) is 9.78 Å². The molecule has 4 rings (SSSR count). The number of rotatable bonds is 14. The van der Waals surface area contributed by atoms with Crippen molar-refractivity contribution in [1.82, 2.24) is 25.1 Å². The molecule has 14 heteroatoms. The number of piperidine rings is 1. The number of carbonyl (C=O) groups is 4. The summed E-state index contributed by atoms with van der Waals surface area (Å²) < 4.78 is 23.8. The third-order valence-corrected chi connectivity index (χ3v) is 8.60. The molecule has 1 aliphatic heterocycles. The summed E-state index contributed by atoms with van der Waals surface area (Å²) in [7, 11) is 3.07. The standard InChI is InChI=1S/C38H52N6O8/c1-25-16-18-43(19-17-25)34(46)32(27-14-15-29(49-7)30(20-27)50-8)44-21-31(39-24-44)41-33(45)28(23-51-22-26-12-10-9-11-13-26)40-35(47)38(5,6)42-36(48)52-37(2,3)4/h9-15,20-21,24-25,28,32H,16-19,22-23H2,1-8H3,(H,40,47)(H,41,45)(H,42,48)/t28-,32?/m1/s1. The number of aromatic nitrogens is 2. The van der Waals surface area contributed by atoms with E-state index in [1.54, 1.807) is 56.8 Å². The van der Waals surface area contributed by atoms with Crippen molar-refractivity contribution in [2.45, 2.75) is 84.2 Å². The van der Waals surface area contributed by atoms with E-state index in [1.807, 2.05) is 35.2 Å². The Hall–Kier alpha value is -5.11. The predicted octanol–water partition coefficient (Wildman–Crippen LogP) is 4.69. The third-order valence-electron chi connectivity index (χ3n) is 8.60. The molecule has 14 nitrogen and oxygen atoms in total. The number of anilines is 1. The van der Waals surface area contributed by atoms with Gasteiger partial charge in [-0.1, -0.05) is 43.3 Å². The second kappa shape index (κ2) is 17.4. The van der Waals surface area contributed by atoms with Gasteiger partial charge in [-0.2, -0.15) is 0 Å². The first kappa shape index (κ1) is 39.7. The Morgan fingerprint density at radius 2 is 1.62 bits per heavy atom. The lowest BCUT2D eigenvalue weighted by Gasteiger charge is -2.33. The lowest BCUT2D eigenvalue weighted by Crippen LogP contribution is -2.59. The largest absolute Gasteiger partial charge is 0.493 e. The molecule has 3 N–H and O–H groups in total. The Morgan fingerprint density at radius 3 is 2.25 bits per heavy atom. The van der Waals surface area contributed by atoms with E-state index in [0.29, 0.717) is 36.1 Å². The van der Waals surface area contributed by atoms with Gasteiger partial charge >= 0.3 is 6.09 Å². The van der Waals surface area contributed by atoms with Gasteiger partial charge in [0.25, 0.3) is 5.91 Å². The van der Waals surface area contributed by atoms with Crippen LogP contribution in [0.3, 0.4) is 0 Å². The number of ether oxygens (including phenoxy) is 4. The molecule has 4 amide bonds. The molecule has 3 aromatic rings. The van der Waals surface area contributed by atoms with Crippen LogP contribution < -0.4 is 25.4 Å². The average Bonchev–Trinajstić information content (AvgIpc) is 3.54. The van der Waals surface area contributed by atoms with Gasteiger partial charge < -0.3 is 44.4 Å². The summed E-state index contributed by atoms with van der Waals surface area (Å²) >= 11 is 0. The van der Waals surface area contributed by atoms with Crippen LogP contribution in [-0.2, 0) is 30.5 Å². The zero-order valence-corrected chi connectivity index (χ0v) is 31.4. The number of imidazole rings is 1. The van der Waals surface area contributed by atoms with Gasteiger partial charge in [0.2, 0.25) is 11.8 Å². The Bertz CT molecular complexity index is 1680. The van der Waals surface area contributed by atoms with Crippen LogP contribution in [0.4, 0.5) is 10.6 Å². The monoisotopic (exact) mass is 720 g/mol.